The number of benzene rings is 1. The minimum Gasteiger partial charge on any atom is -0.466 e. The molecule has 0 saturated carbocycles. The SMILES string of the molecule is CCCCCCCCCCOC(=O)CC1C(=O)NCCN1C(=S)NC(=O)c1ccccc1. The van der Waals surface area contributed by atoms with Crippen LogP contribution in [0.2, 0.25) is 0 Å². The van der Waals surface area contributed by atoms with Crippen molar-refractivity contribution in [3.63, 3.8) is 0 Å². The number of hydrogen-bond donors (Lipinski definition) is 2. The second-order valence-corrected chi connectivity index (χ2v) is 8.41. The van der Waals surface area contributed by atoms with Crippen LogP contribution < -0.4 is 10.6 Å². The Bertz CT molecular complexity index is 757. The summed E-state index contributed by atoms with van der Waals surface area (Å²) >= 11 is 5.37. The van der Waals surface area contributed by atoms with E-state index in [9.17, 15) is 14.4 Å². The smallest absolute Gasteiger partial charge is 0.308 e. The molecule has 2 rings (SSSR count). The predicted octanol–water partition coefficient (Wildman–Crippen LogP) is 3.58. The fourth-order valence-corrected chi connectivity index (χ4v) is 3.94. The fourth-order valence-electron chi connectivity index (χ4n) is 3.63. The molecule has 8 heteroatoms. The Labute approximate surface area is 196 Å². The molecular formula is C24H35N3O4S. The van der Waals surface area contributed by atoms with Crippen molar-refractivity contribution >= 4 is 35.1 Å². The third-order valence-electron chi connectivity index (χ3n) is 5.47. The zero-order valence-electron chi connectivity index (χ0n) is 18.9. The summed E-state index contributed by atoms with van der Waals surface area (Å²) in [6.07, 6.45) is 9.22. The lowest BCUT2D eigenvalue weighted by molar-refractivity contribution is -0.147. The molecular weight excluding hydrogens is 426 g/mol. The minimum absolute atomic E-state index is 0.107. The van der Waals surface area contributed by atoms with Gasteiger partial charge in [-0.25, -0.2) is 0 Å². The fraction of sp³-hybridized carbons (Fsp3) is 0.583. The van der Waals surface area contributed by atoms with Gasteiger partial charge in [0.2, 0.25) is 5.91 Å². The van der Waals surface area contributed by atoms with Gasteiger partial charge in [0.15, 0.2) is 5.11 Å². The molecule has 1 atom stereocenters. The van der Waals surface area contributed by atoms with Gasteiger partial charge in [0.25, 0.3) is 5.91 Å². The maximum Gasteiger partial charge on any atom is 0.308 e. The van der Waals surface area contributed by atoms with Crippen molar-refractivity contribution in [3.05, 3.63) is 35.9 Å². The Hall–Kier alpha value is -2.48. The first-order chi connectivity index (χ1) is 15.5. The summed E-state index contributed by atoms with van der Waals surface area (Å²) in [7, 11) is 0. The van der Waals surface area contributed by atoms with Crippen molar-refractivity contribution in [3.8, 4) is 0 Å². The highest BCUT2D eigenvalue weighted by Gasteiger charge is 2.34. The molecule has 0 spiro atoms. The Morgan fingerprint density at radius 3 is 2.44 bits per heavy atom. The van der Waals surface area contributed by atoms with E-state index in [0.717, 1.165) is 19.3 Å². The maximum absolute atomic E-state index is 12.4. The van der Waals surface area contributed by atoms with Crippen LogP contribution >= 0.6 is 12.2 Å². The van der Waals surface area contributed by atoms with Gasteiger partial charge in [-0.1, -0.05) is 70.1 Å². The number of hydrogen-bond acceptors (Lipinski definition) is 5. The second-order valence-electron chi connectivity index (χ2n) is 8.02. The molecule has 1 aromatic rings. The number of unbranched alkanes of at least 4 members (excludes halogenated alkanes) is 7. The standard InChI is InChI=1S/C24H35N3O4S/c1-2-3-4-5-6-7-8-12-17-31-21(28)18-20-23(30)25-15-16-27(20)24(32)26-22(29)19-13-10-9-11-14-19/h9-11,13-14,20H,2-8,12,15-18H2,1H3,(H,25,30)(H,26,29,32). The Balaban J connectivity index is 1.75. The van der Waals surface area contributed by atoms with Crippen molar-refractivity contribution in [1.82, 2.24) is 15.5 Å². The quantitative estimate of drug-likeness (QED) is 0.281. The van der Waals surface area contributed by atoms with E-state index in [1.165, 1.54) is 32.1 Å². The van der Waals surface area contributed by atoms with E-state index < -0.39 is 12.0 Å². The van der Waals surface area contributed by atoms with Gasteiger partial charge < -0.3 is 15.0 Å². The molecule has 0 bridgehead atoms. The molecule has 1 aliphatic heterocycles. The lowest BCUT2D eigenvalue weighted by Gasteiger charge is -2.36. The van der Waals surface area contributed by atoms with Gasteiger partial charge in [-0.3, -0.25) is 19.7 Å². The first-order valence-electron chi connectivity index (χ1n) is 11.6. The number of esters is 1. The van der Waals surface area contributed by atoms with Gasteiger partial charge in [-0.15, -0.1) is 0 Å². The van der Waals surface area contributed by atoms with Crippen LogP contribution in [0.4, 0.5) is 0 Å². The first kappa shape index (κ1) is 25.8. The van der Waals surface area contributed by atoms with Crippen molar-refractivity contribution in [1.29, 1.82) is 0 Å². The molecule has 2 N–H and O–H groups in total. The van der Waals surface area contributed by atoms with Crippen LogP contribution in [0.15, 0.2) is 30.3 Å². The van der Waals surface area contributed by atoms with E-state index >= 15 is 0 Å². The Morgan fingerprint density at radius 2 is 1.75 bits per heavy atom. The summed E-state index contributed by atoms with van der Waals surface area (Å²) in [4.78, 5) is 38.7. The van der Waals surface area contributed by atoms with Gasteiger partial charge >= 0.3 is 5.97 Å². The number of rotatable bonds is 12. The summed E-state index contributed by atoms with van der Waals surface area (Å²) < 4.78 is 5.34. The molecule has 1 aromatic carbocycles. The molecule has 1 fully saturated rings. The topological polar surface area (TPSA) is 87.7 Å². The second kappa shape index (κ2) is 14.6. The monoisotopic (exact) mass is 461 g/mol. The number of nitrogens with one attached hydrogen (secondary N) is 2. The molecule has 0 aromatic heterocycles. The molecule has 32 heavy (non-hydrogen) atoms. The zero-order valence-corrected chi connectivity index (χ0v) is 19.8. The summed E-state index contributed by atoms with van der Waals surface area (Å²) in [5, 5.41) is 5.55. The number of carbonyl (C=O) groups excluding carboxylic acids is 3. The van der Waals surface area contributed by atoms with Crippen LogP contribution in [-0.4, -0.2) is 53.5 Å². The van der Waals surface area contributed by atoms with Crippen molar-refractivity contribution in [2.45, 2.75) is 70.8 Å². The van der Waals surface area contributed by atoms with E-state index in [2.05, 4.69) is 17.6 Å². The van der Waals surface area contributed by atoms with Gasteiger partial charge in [-0.05, 0) is 30.8 Å². The van der Waals surface area contributed by atoms with Gasteiger partial charge in [0, 0.05) is 18.7 Å². The molecule has 1 heterocycles. The maximum atomic E-state index is 12.4. The highest BCUT2D eigenvalue weighted by atomic mass is 32.1. The third-order valence-corrected chi connectivity index (χ3v) is 5.81. The van der Waals surface area contributed by atoms with E-state index in [0.29, 0.717) is 25.3 Å². The van der Waals surface area contributed by atoms with E-state index in [1.54, 1.807) is 29.2 Å². The predicted molar refractivity (Wildman–Crippen MR) is 128 cm³/mol. The largest absolute Gasteiger partial charge is 0.466 e. The molecule has 1 saturated heterocycles. The average Bonchev–Trinajstić information content (AvgIpc) is 2.79. The Morgan fingerprint density at radius 1 is 1.09 bits per heavy atom. The highest BCUT2D eigenvalue weighted by Crippen LogP contribution is 2.12. The number of piperazine rings is 1. The number of carbonyl (C=O) groups is 3. The van der Waals surface area contributed by atoms with Gasteiger partial charge in [0.05, 0.1) is 13.0 Å². The van der Waals surface area contributed by atoms with E-state index in [4.69, 9.17) is 17.0 Å². The molecule has 1 aliphatic rings. The summed E-state index contributed by atoms with van der Waals surface area (Å²) in [5.74, 6) is -1.08. The lowest BCUT2D eigenvalue weighted by Crippen LogP contribution is -2.60. The zero-order chi connectivity index (χ0) is 23.2. The van der Waals surface area contributed by atoms with Gasteiger partial charge in [0.1, 0.15) is 6.04 Å². The molecule has 0 aliphatic carbocycles. The third kappa shape index (κ3) is 8.94. The number of nitrogens with zero attached hydrogens (tertiary/aromatic N) is 1. The first-order valence-corrected chi connectivity index (χ1v) is 12.0. The van der Waals surface area contributed by atoms with Gasteiger partial charge in [-0.2, -0.15) is 0 Å². The average molecular weight is 462 g/mol. The normalized spacial score (nSPS) is 15.7. The minimum atomic E-state index is -0.793. The van der Waals surface area contributed by atoms with Crippen molar-refractivity contribution in [2.24, 2.45) is 0 Å². The van der Waals surface area contributed by atoms with Crippen LogP contribution in [0, 0.1) is 0 Å². The Kier molecular flexibility index (Phi) is 11.7. The molecule has 2 amide bonds. The van der Waals surface area contributed by atoms with Crippen molar-refractivity contribution < 1.29 is 19.1 Å². The summed E-state index contributed by atoms with van der Waals surface area (Å²) in [5.41, 5.74) is 0.470. The molecule has 176 valence electrons. The van der Waals surface area contributed by atoms with Crippen LogP contribution in [0.25, 0.3) is 0 Å². The number of ether oxygens (including phenoxy) is 1. The number of amides is 2. The lowest BCUT2D eigenvalue weighted by atomic mass is 10.1. The summed E-state index contributed by atoms with van der Waals surface area (Å²) in [6, 6.07) is 7.91. The van der Waals surface area contributed by atoms with Crippen LogP contribution in [0.5, 0.6) is 0 Å². The molecule has 1 unspecified atom stereocenters. The summed E-state index contributed by atoms with van der Waals surface area (Å²) in [6.45, 7) is 3.37. The van der Waals surface area contributed by atoms with Crippen LogP contribution in [0.3, 0.4) is 0 Å². The van der Waals surface area contributed by atoms with E-state index in [-0.39, 0.29) is 23.3 Å². The van der Waals surface area contributed by atoms with E-state index in [1.807, 2.05) is 6.07 Å². The molecule has 0 radical (unpaired) electrons. The molecule has 7 nitrogen and oxygen atoms in total. The number of thiocarbonyl (C=S) groups is 1. The van der Waals surface area contributed by atoms with Crippen molar-refractivity contribution in [2.75, 3.05) is 19.7 Å². The highest BCUT2D eigenvalue weighted by molar-refractivity contribution is 7.80. The van der Waals surface area contributed by atoms with Crippen LogP contribution in [0.1, 0.15) is 75.1 Å². The van der Waals surface area contributed by atoms with Crippen LogP contribution in [-0.2, 0) is 14.3 Å².